The van der Waals surface area contributed by atoms with Gasteiger partial charge in [0.2, 0.25) is 0 Å². The summed E-state index contributed by atoms with van der Waals surface area (Å²) < 4.78 is 29.2. The van der Waals surface area contributed by atoms with Crippen LogP contribution in [-0.2, 0) is 16.3 Å². The van der Waals surface area contributed by atoms with Crippen LogP contribution in [0.2, 0.25) is 5.02 Å². The average Bonchev–Trinajstić information content (AvgIpc) is 3.10. The van der Waals surface area contributed by atoms with Gasteiger partial charge in [-0.15, -0.1) is 11.3 Å². The molecule has 3 aromatic heterocycles. The second-order valence-corrected chi connectivity index (χ2v) is 10.2. The first-order valence-corrected chi connectivity index (χ1v) is 12.5. The van der Waals surface area contributed by atoms with Crippen LogP contribution in [0.1, 0.15) is 11.1 Å². The lowest BCUT2D eigenvalue weighted by Crippen LogP contribution is -2.06. The quantitative estimate of drug-likeness (QED) is 0.407. The van der Waals surface area contributed by atoms with Gasteiger partial charge < -0.3 is 10.1 Å². The summed E-state index contributed by atoms with van der Waals surface area (Å²) in [5.74, 6) is 1.86. The lowest BCUT2D eigenvalue weighted by molar-refractivity contribution is 0.478. The first kappa shape index (κ1) is 21.5. The molecule has 0 aliphatic carbocycles. The third-order valence-electron chi connectivity index (χ3n) is 4.55. The fraction of sp³-hybridized carbons (Fsp3) is 0.190. The van der Waals surface area contributed by atoms with Crippen LogP contribution in [0.15, 0.2) is 53.3 Å². The van der Waals surface area contributed by atoms with Crippen molar-refractivity contribution in [2.45, 2.75) is 18.4 Å². The van der Waals surface area contributed by atoms with Crippen LogP contribution < -0.4 is 10.1 Å². The van der Waals surface area contributed by atoms with Crippen molar-refractivity contribution in [3.63, 3.8) is 0 Å². The average molecular weight is 475 g/mol. The highest BCUT2D eigenvalue weighted by Crippen LogP contribution is 2.32. The van der Waals surface area contributed by atoms with E-state index in [2.05, 4.69) is 20.3 Å². The van der Waals surface area contributed by atoms with E-state index in [0.717, 1.165) is 34.3 Å². The van der Waals surface area contributed by atoms with Crippen LogP contribution in [-0.4, -0.2) is 36.2 Å². The number of nitrogens with zero attached hydrogens (tertiary/aromatic N) is 3. The summed E-state index contributed by atoms with van der Waals surface area (Å²) in [6.45, 7) is 2.38. The Balaban J connectivity index is 1.37. The van der Waals surface area contributed by atoms with Crippen LogP contribution >= 0.6 is 22.9 Å². The maximum Gasteiger partial charge on any atom is 0.193 e. The van der Waals surface area contributed by atoms with Gasteiger partial charge in [-0.1, -0.05) is 23.7 Å². The highest BCUT2D eigenvalue weighted by Gasteiger charge is 2.13. The highest BCUT2D eigenvalue weighted by molar-refractivity contribution is 7.90. The zero-order valence-electron chi connectivity index (χ0n) is 16.8. The number of pyridine rings is 1. The molecule has 3 heterocycles. The first-order valence-electron chi connectivity index (χ1n) is 9.36. The van der Waals surface area contributed by atoms with Gasteiger partial charge in [-0.2, -0.15) is 0 Å². The second kappa shape index (κ2) is 8.78. The number of aromatic nitrogens is 3. The number of hydrogen-bond donors (Lipinski definition) is 1. The maximum atomic E-state index is 11.7. The van der Waals surface area contributed by atoms with Gasteiger partial charge in [0.05, 0.1) is 16.6 Å². The molecule has 0 aliphatic rings. The summed E-state index contributed by atoms with van der Waals surface area (Å²) in [6, 6.07) is 9.37. The normalized spacial score (nSPS) is 11.6. The number of aryl methyl sites for hydroxylation is 1. The summed E-state index contributed by atoms with van der Waals surface area (Å²) >= 11 is 7.73. The number of rotatable bonds is 7. The van der Waals surface area contributed by atoms with E-state index in [1.165, 1.54) is 23.9 Å². The highest BCUT2D eigenvalue weighted by atomic mass is 35.5. The number of ether oxygens (including phenoxy) is 1. The summed E-state index contributed by atoms with van der Waals surface area (Å²) in [7, 11) is -3.36. The van der Waals surface area contributed by atoms with Crippen molar-refractivity contribution < 1.29 is 13.2 Å². The summed E-state index contributed by atoms with van der Waals surface area (Å²) in [5.41, 5.74) is 1.68. The third-order valence-corrected chi connectivity index (χ3v) is 6.99. The molecule has 0 saturated heterocycles. The van der Waals surface area contributed by atoms with E-state index in [9.17, 15) is 8.42 Å². The van der Waals surface area contributed by atoms with Gasteiger partial charge in [-0.05, 0) is 42.7 Å². The molecule has 0 bridgehead atoms. The number of halogens is 1. The Bertz CT molecular complexity index is 1340. The molecule has 0 saturated carbocycles. The smallest absolute Gasteiger partial charge is 0.193 e. The fourth-order valence-corrected chi connectivity index (χ4v) is 5.16. The van der Waals surface area contributed by atoms with Gasteiger partial charge in [-0.25, -0.2) is 23.4 Å². The van der Waals surface area contributed by atoms with Crippen molar-refractivity contribution in [1.82, 2.24) is 15.0 Å². The van der Waals surface area contributed by atoms with Crippen LogP contribution in [0.4, 0.5) is 5.82 Å². The van der Waals surface area contributed by atoms with Crippen LogP contribution in [0.25, 0.3) is 10.2 Å². The Kier molecular flexibility index (Phi) is 6.08. The van der Waals surface area contributed by atoms with Gasteiger partial charge in [0.25, 0.3) is 0 Å². The van der Waals surface area contributed by atoms with E-state index in [1.807, 2.05) is 29.6 Å². The molecule has 4 rings (SSSR count). The minimum Gasteiger partial charge on any atom is -0.456 e. The lowest BCUT2D eigenvalue weighted by Gasteiger charge is -2.10. The molecule has 0 spiro atoms. The number of fused-ring (bicyclic) bond motifs is 1. The first-order chi connectivity index (χ1) is 14.8. The molecule has 7 nitrogen and oxygen atoms in total. The predicted octanol–water partition coefficient (Wildman–Crippen LogP) is 4.90. The molecule has 31 heavy (non-hydrogen) atoms. The molecule has 1 N–H and O–H groups in total. The fourth-order valence-electron chi connectivity index (χ4n) is 3.14. The van der Waals surface area contributed by atoms with E-state index in [1.54, 1.807) is 13.0 Å². The van der Waals surface area contributed by atoms with Crippen molar-refractivity contribution in [2.24, 2.45) is 0 Å². The minimum atomic E-state index is -3.36. The van der Waals surface area contributed by atoms with Gasteiger partial charge in [-0.3, -0.25) is 0 Å². The molecule has 0 radical (unpaired) electrons. The van der Waals surface area contributed by atoms with E-state index in [4.69, 9.17) is 16.3 Å². The zero-order valence-corrected chi connectivity index (χ0v) is 19.2. The molecule has 0 fully saturated rings. The number of nitrogens with one attached hydrogen (secondary N) is 1. The SMILES string of the molecule is Cc1cc(Oc2ccc(CCNc3ncnc4scc(Cl)c34)cc2)cnc1S(C)(=O)=O. The minimum absolute atomic E-state index is 0.0624. The molecule has 4 aromatic rings. The van der Waals surface area contributed by atoms with Crippen molar-refractivity contribution in [1.29, 1.82) is 0 Å². The number of hydrogen-bond acceptors (Lipinski definition) is 8. The van der Waals surface area contributed by atoms with Crippen molar-refractivity contribution in [3.8, 4) is 11.5 Å². The molecular formula is C21H19ClN4O3S2. The molecule has 0 amide bonds. The monoisotopic (exact) mass is 474 g/mol. The summed E-state index contributed by atoms with van der Waals surface area (Å²) in [5, 5.41) is 6.75. The van der Waals surface area contributed by atoms with E-state index in [0.29, 0.717) is 28.6 Å². The molecule has 160 valence electrons. The van der Waals surface area contributed by atoms with Crippen LogP contribution in [0, 0.1) is 6.92 Å². The Labute approximate surface area is 189 Å². The van der Waals surface area contributed by atoms with E-state index in [-0.39, 0.29) is 5.03 Å². The Morgan fingerprint density at radius 2 is 1.90 bits per heavy atom. The molecular weight excluding hydrogens is 456 g/mol. The Hall–Kier alpha value is -2.75. The maximum absolute atomic E-state index is 11.7. The van der Waals surface area contributed by atoms with Gasteiger partial charge in [0.15, 0.2) is 14.9 Å². The molecule has 0 aliphatic heterocycles. The van der Waals surface area contributed by atoms with Crippen molar-refractivity contribution in [3.05, 3.63) is 64.4 Å². The largest absolute Gasteiger partial charge is 0.456 e. The van der Waals surface area contributed by atoms with Crippen molar-refractivity contribution in [2.75, 3.05) is 18.1 Å². The Morgan fingerprint density at radius 1 is 1.13 bits per heavy atom. The summed E-state index contributed by atoms with van der Waals surface area (Å²) in [4.78, 5) is 13.4. The molecule has 1 aromatic carbocycles. The number of anilines is 1. The van der Waals surface area contributed by atoms with Crippen LogP contribution in [0.5, 0.6) is 11.5 Å². The number of benzene rings is 1. The molecule has 0 unspecified atom stereocenters. The van der Waals surface area contributed by atoms with E-state index < -0.39 is 9.84 Å². The van der Waals surface area contributed by atoms with Gasteiger partial charge >= 0.3 is 0 Å². The zero-order chi connectivity index (χ0) is 22.0. The molecule has 0 atom stereocenters. The summed E-state index contributed by atoms with van der Waals surface area (Å²) in [6.07, 6.45) is 4.87. The number of sulfone groups is 1. The van der Waals surface area contributed by atoms with Crippen molar-refractivity contribution >= 4 is 48.8 Å². The second-order valence-electron chi connectivity index (χ2n) is 6.97. The standard InChI is InChI=1S/C21H19ClN4O3S2/c1-13-9-16(10-24-21(13)31(2,27)28)29-15-5-3-14(4-6-15)7-8-23-19-18-17(22)11-30-20(18)26-12-25-19/h3-6,9-12H,7-8H2,1-2H3,(H,23,25,26). The predicted molar refractivity (Wildman–Crippen MR) is 123 cm³/mol. The van der Waals surface area contributed by atoms with Gasteiger partial charge in [0.1, 0.15) is 28.5 Å². The molecule has 10 heteroatoms. The number of thiophene rings is 1. The third kappa shape index (κ3) is 4.95. The lowest BCUT2D eigenvalue weighted by atomic mass is 10.1. The topological polar surface area (TPSA) is 94.1 Å². The Morgan fingerprint density at radius 3 is 2.61 bits per heavy atom. The van der Waals surface area contributed by atoms with Crippen LogP contribution in [0.3, 0.4) is 0 Å². The van der Waals surface area contributed by atoms with Gasteiger partial charge in [0, 0.05) is 18.2 Å². The van der Waals surface area contributed by atoms with E-state index >= 15 is 0 Å².